The van der Waals surface area contributed by atoms with Gasteiger partial charge >= 0.3 is 0 Å². The molecule has 0 radical (unpaired) electrons. The predicted octanol–water partition coefficient (Wildman–Crippen LogP) is 2.12. The van der Waals surface area contributed by atoms with Gasteiger partial charge in [0.25, 0.3) is 0 Å². The molecule has 1 aromatic rings. The molecule has 1 atom stereocenters. The van der Waals surface area contributed by atoms with Crippen LogP contribution in [-0.4, -0.2) is 48.9 Å². The van der Waals surface area contributed by atoms with Crippen LogP contribution in [0.4, 0.5) is 11.4 Å². The maximum atomic E-state index is 12.6. The lowest BCUT2D eigenvalue weighted by atomic mass is 9.87. The Hall–Kier alpha value is -2.12. The van der Waals surface area contributed by atoms with Crippen molar-refractivity contribution in [2.45, 2.75) is 25.8 Å². The summed E-state index contributed by atoms with van der Waals surface area (Å²) in [7, 11) is 3.12. The molecule has 7 nitrogen and oxygen atoms in total. The van der Waals surface area contributed by atoms with Crippen molar-refractivity contribution in [1.29, 1.82) is 0 Å². The Morgan fingerprint density at radius 2 is 2.04 bits per heavy atom. The van der Waals surface area contributed by atoms with Gasteiger partial charge in [-0.3, -0.25) is 14.4 Å². The van der Waals surface area contributed by atoms with E-state index in [1.807, 2.05) is 13.8 Å². The zero-order valence-electron chi connectivity index (χ0n) is 14.7. The Morgan fingerprint density at radius 3 is 2.56 bits per heavy atom. The molecule has 0 bridgehead atoms. The zero-order chi connectivity index (χ0) is 18.8. The maximum absolute atomic E-state index is 12.6. The van der Waals surface area contributed by atoms with Gasteiger partial charge in [-0.1, -0.05) is 11.6 Å². The van der Waals surface area contributed by atoms with Gasteiger partial charge in [0.05, 0.1) is 16.6 Å². The SMILES string of the molecule is COCC(=O)Nc1ccc(NC(=O)C2CC(=O)N(C)C2(C)C)cc1Cl. The lowest BCUT2D eigenvalue weighted by Crippen LogP contribution is -2.45. The van der Waals surface area contributed by atoms with Gasteiger partial charge in [0, 0.05) is 31.8 Å². The number of carbonyl (C=O) groups is 3. The molecule has 0 aliphatic carbocycles. The molecule has 0 saturated carbocycles. The van der Waals surface area contributed by atoms with E-state index >= 15 is 0 Å². The molecule has 0 spiro atoms. The summed E-state index contributed by atoms with van der Waals surface area (Å²) in [4.78, 5) is 37.6. The van der Waals surface area contributed by atoms with Crippen LogP contribution in [0.2, 0.25) is 5.02 Å². The normalized spacial score (nSPS) is 19.0. The van der Waals surface area contributed by atoms with Gasteiger partial charge in [0.15, 0.2) is 0 Å². The second-order valence-corrected chi connectivity index (χ2v) is 6.94. The van der Waals surface area contributed by atoms with Crippen LogP contribution >= 0.6 is 11.6 Å². The number of rotatable bonds is 5. The Balaban J connectivity index is 2.08. The quantitative estimate of drug-likeness (QED) is 0.834. The number of halogens is 1. The Kier molecular flexibility index (Phi) is 5.69. The molecule has 136 valence electrons. The minimum Gasteiger partial charge on any atom is -0.375 e. The van der Waals surface area contributed by atoms with E-state index in [0.717, 1.165) is 0 Å². The van der Waals surface area contributed by atoms with E-state index in [2.05, 4.69) is 10.6 Å². The van der Waals surface area contributed by atoms with E-state index in [9.17, 15) is 14.4 Å². The summed E-state index contributed by atoms with van der Waals surface area (Å²) >= 11 is 6.15. The van der Waals surface area contributed by atoms with Crippen LogP contribution in [0.25, 0.3) is 0 Å². The predicted molar refractivity (Wildman–Crippen MR) is 95.5 cm³/mol. The van der Waals surface area contributed by atoms with Gasteiger partial charge < -0.3 is 20.3 Å². The number of anilines is 2. The lowest BCUT2D eigenvalue weighted by Gasteiger charge is -2.32. The molecule has 1 aliphatic rings. The number of carbonyl (C=O) groups excluding carboxylic acids is 3. The molecule has 1 aromatic carbocycles. The van der Waals surface area contributed by atoms with E-state index in [1.165, 1.54) is 7.11 Å². The van der Waals surface area contributed by atoms with Crippen LogP contribution in [-0.2, 0) is 19.1 Å². The number of hydrogen-bond donors (Lipinski definition) is 2. The fourth-order valence-corrected chi connectivity index (χ4v) is 3.00. The van der Waals surface area contributed by atoms with Crippen molar-refractivity contribution in [3.8, 4) is 0 Å². The van der Waals surface area contributed by atoms with Crippen molar-refractivity contribution in [3.05, 3.63) is 23.2 Å². The molecule has 1 unspecified atom stereocenters. The second-order valence-electron chi connectivity index (χ2n) is 6.53. The molecule has 25 heavy (non-hydrogen) atoms. The van der Waals surface area contributed by atoms with Crippen molar-refractivity contribution < 1.29 is 19.1 Å². The zero-order valence-corrected chi connectivity index (χ0v) is 15.4. The number of likely N-dealkylation sites (tertiary alicyclic amines) is 1. The van der Waals surface area contributed by atoms with Crippen LogP contribution in [0.15, 0.2) is 18.2 Å². The minimum atomic E-state index is -0.557. The first kappa shape index (κ1) is 19.2. The first-order valence-corrected chi connectivity index (χ1v) is 8.20. The highest BCUT2D eigenvalue weighted by molar-refractivity contribution is 6.34. The average Bonchev–Trinajstić information content (AvgIpc) is 2.73. The van der Waals surface area contributed by atoms with Crippen molar-refractivity contribution in [3.63, 3.8) is 0 Å². The summed E-state index contributed by atoms with van der Waals surface area (Å²) in [5, 5.41) is 5.69. The summed E-state index contributed by atoms with van der Waals surface area (Å²) in [6.45, 7) is 3.65. The third-order valence-electron chi connectivity index (χ3n) is 4.57. The van der Waals surface area contributed by atoms with Crippen LogP contribution in [0.5, 0.6) is 0 Å². The first-order valence-electron chi connectivity index (χ1n) is 7.82. The number of amides is 3. The number of benzene rings is 1. The van der Waals surface area contributed by atoms with Crippen LogP contribution in [0.3, 0.4) is 0 Å². The van der Waals surface area contributed by atoms with Gasteiger partial charge in [-0.25, -0.2) is 0 Å². The smallest absolute Gasteiger partial charge is 0.250 e. The van der Waals surface area contributed by atoms with Gasteiger partial charge in [0.2, 0.25) is 17.7 Å². The Bertz CT molecular complexity index is 705. The standard InChI is InChI=1S/C17H22ClN3O4/c1-17(2)11(8-15(23)21(17)3)16(24)19-10-5-6-13(12(18)7-10)20-14(22)9-25-4/h5-7,11H,8-9H2,1-4H3,(H,19,24)(H,20,22). The van der Waals surface area contributed by atoms with Crippen LogP contribution in [0.1, 0.15) is 20.3 Å². The second kappa shape index (κ2) is 7.41. The molecule has 1 heterocycles. The average molecular weight is 368 g/mol. The summed E-state index contributed by atoms with van der Waals surface area (Å²) in [6.07, 6.45) is 0.175. The van der Waals surface area contributed by atoms with Gasteiger partial charge in [-0.2, -0.15) is 0 Å². The van der Waals surface area contributed by atoms with Gasteiger partial charge in [0.1, 0.15) is 6.61 Å². The molecule has 3 amide bonds. The Labute approximate surface area is 151 Å². The largest absolute Gasteiger partial charge is 0.375 e. The molecular formula is C17H22ClN3O4. The molecule has 2 rings (SSSR count). The fraction of sp³-hybridized carbons (Fsp3) is 0.471. The first-order chi connectivity index (χ1) is 11.7. The maximum Gasteiger partial charge on any atom is 0.250 e. The van der Waals surface area contributed by atoms with E-state index in [0.29, 0.717) is 16.4 Å². The van der Waals surface area contributed by atoms with E-state index in [-0.39, 0.29) is 30.7 Å². The van der Waals surface area contributed by atoms with Gasteiger partial charge in [-0.15, -0.1) is 0 Å². The summed E-state index contributed by atoms with van der Waals surface area (Å²) in [6, 6.07) is 4.79. The topological polar surface area (TPSA) is 87.7 Å². The highest BCUT2D eigenvalue weighted by atomic mass is 35.5. The molecular weight excluding hydrogens is 346 g/mol. The van der Waals surface area contributed by atoms with Crippen LogP contribution < -0.4 is 10.6 Å². The lowest BCUT2D eigenvalue weighted by molar-refractivity contribution is -0.129. The summed E-state index contributed by atoms with van der Waals surface area (Å²) in [5.74, 6) is -1.07. The number of hydrogen-bond acceptors (Lipinski definition) is 4. The third-order valence-corrected chi connectivity index (χ3v) is 4.89. The molecule has 1 fully saturated rings. The summed E-state index contributed by atoms with van der Waals surface area (Å²) < 4.78 is 4.74. The monoisotopic (exact) mass is 367 g/mol. The number of ether oxygens (including phenoxy) is 1. The van der Waals surface area contributed by atoms with Crippen molar-refractivity contribution in [2.24, 2.45) is 5.92 Å². The van der Waals surface area contributed by atoms with Crippen molar-refractivity contribution >= 4 is 40.7 Å². The molecule has 1 aliphatic heterocycles. The summed E-state index contributed by atoms with van der Waals surface area (Å²) in [5.41, 5.74) is 0.370. The van der Waals surface area contributed by atoms with Crippen molar-refractivity contribution in [1.82, 2.24) is 4.90 Å². The van der Waals surface area contributed by atoms with E-state index in [4.69, 9.17) is 16.3 Å². The molecule has 8 heteroatoms. The number of nitrogens with zero attached hydrogens (tertiary/aromatic N) is 1. The third kappa shape index (κ3) is 4.11. The highest BCUT2D eigenvalue weighted by Gasteiger charge is 2.47. The van der Waals surface area contributed by atoms with Gasteiger partial charge in [-0.05, 0) is 32.0 Å². The molecule has 0 aromatic heterocycles. The van der Waals surface area contributed by atoms with E-state index in [1.54, 1.807) is 30.1 Å². The van der Waals surface area contributed by atoms with Crippen molar-refractivity contribution in [2.75, 3.05) is 31.4 Å². The fourth-order valence-electron chi connectivity index (χ4n) is 2.77. The highest BCUT2D eigenvalue weighted by Crippen LogP contribution is 2.35. The Morgan fingerprint density at radius 1 is 1.36 bits per heavy atom. The minimum absolute atomic E-state index is 0.0561. The molecule has 1 saturated heterocycles. The number of nitrogens with one attached hydrogen (secondary N) is 2. The van der Waals surface area contributed by atoms with E-state index < -0.39 is 11.5 Å². The number of methoxy groups -OCH3 is 1. The molecule has 2 N–H and O–H groups in total. The van der Waals surface area contributed by atoms with Crippen LogP contribution in [0, 0.1) is 5.92 Å².